The molecule has 1 heterocycles. The fourth-order valence-electron chi connectivity index (χ4n) is 2.49. The maximum Gasteiger partial charge on any atom is 0.261 e. The molecule has 0 aliphatic heterocycles. The molecule has 2 N–H and O–H groups in total. The maximum absolute atomic E-state index is 12.4. The molecule has 1 amide bonds. The van der Waals surface area contributed by atoms with Crippen molar-refractivity contribution in [1.82, 2.24) is 15.5 Å². The summed E-state index contributed by atoms with van der Waals surface area (Å²) in [6, 6.07) is 14.4. The lowest BCUT2D eigenvalue weighted by Crippen LogP contribution is -2.24. The van der Waals surface area contributed by atoms with Crippen LogP contribution in [0.4, 0.5) is 5.69 Å². The number of sulfonamides is 1. The molecule has 0 aliphatic rings. The summed E-state index contributed by atoms with van der Waals surface area (Å²) >= 11 is 0. The molecule has 8 nitrogen and oxygen atoms in total. The monoisotopic (exact) mass is 400 g/mol. The molecule has 3 aromatic rings. The Morgan fingerprint density at radius 3 is 2.43 bits per heavy atom. The molecule has 0 saturated carbocycles. The molecule has 0 atom stereocenters. The van der Waals surface area contributed by atoms with Crippen molar-refractivity contribution in [2.45, 2.75) is 24.7 Å². The number of amides is 1. The number of nitrogens with one attached hydrogen (secondary N) is 2. The summed E-state index contributed by atoms with van der Waals surface area (Å²) in [6.45, 7) is 2.18. The molecule has 0 spiro atoms. The van der Waals surface area contributed by atoms with Crippen LogP contribution in [0, 0.1) is 6.92 Å². The molecule has 146 valence electrons. The first-order valence-electron chi connectivity index (χ1n) is 8.69. The van der Waals surface area contributed by atoms with Crippen LogP contribution in [0.25, 0.3) is 0 Å². The van der Waals surface area contributed by atoms with E-state index in [2.05, 4.69) is 20.2 Å². The van der Waals surface area contributed by atoms with Crippen molar-refractivity contribution in [3.8, 4) is 0 Å². The van der Waals surface area contributed by atoms with Gasteiger partial charge in [-0.2, -0.15) is 4.98 Å². The molecule has 0 unspecified atom stereocenters. The fraction of sp³-hybridized carbons (Fsp3) is 0.211. The number of benzene rings is 2. The lowest BCUT2D eigenvalue weighted by molar-refractivity contribution is 0.0953. The second-order valence-corrected chi connectivity index (χ2v) is 7.77. The smallest absolute Gasteiger partial charge is 0.261 e. The van der Waals surface area contributed by atoms with Gasteiger partial charge in [-0.3, -0.25) is 9.52 Å². The summed E-state index contributed by atoms with van der Waals surface area (Å²) in [7, 11) is -3.71. The van der Waals surface area contributed by atoms with Crippen molar-refractivity contribution >= 4 is 21.6 Å². The molecule has 0 fully saturated rings. The minimum absolute atomic E-state index is 0.0830. The Morgan fingerprint density at radius 2 is 1.79 bits per heavy atom. The Balaban J connectivity index is 1.53. The van der Waals surface area contributed by atoms with Gasteiger partial charge in [0.25, 0.3) is 15.9 Å². The third-order valence-electron chi connectivity index (χ3n) is 3.88. The number of hydrogen-bond donors (Lipinski definition) is 2. The van der Waals surface area contributed by atoms with E-state index in [0.717, 1.165) is 0 Å². The van der Waals surface area contributed by atoms with E-state index in [1.165, 1.54) is 24.3 Å². The van der Waals surface area contributed by atoms with Gasteiger partial charge in [0.2, 0.25) is 5.89 Å². The highest BCUT2D eigenvalue weighted by Gasteiger charge is 2.15. The Bertz CT molecular complexity index is 1030. The van der Waals surface area contributed by atoms with Crippen molar-refractivity contribution in [1.29, 1.82) is 0 Å². The van der Waals surface area contributed by atoms with Gasteiger partial charge in [0.05, 0.1) is 4.90 Å². The molecule has 0 bridgehead atoms. The number of nitrogens with zero attached hydrogens (tertiary/aromatic N) is 2. The number of para-hydroxylation sites is 1. The zero-order valence-corrected chi connectivity index (χ0v) is 16.1. The van der Waals surface area contributed by atoms with Crippen LogP contribution in [0.15, 0.2) is 64.0 Å². The summed E-state index contributed by atoms with van der Waals surface area (Å²) in [4.78, 5) is 16.4. The molecular formula is C19H20N4O4S. The van der Waals surface area contributed by atoms with Gasteiger partial charge in [-0.1, -0.05) is 23.4 Å². The van der Waals surface area contributed by atoms with Gasteiger partial charge >= 0.3 is 0 Å². The lowest BCUT2D eigenvalue weighted by Gasteiger charge is -2.09. The summed E-state index contributed by atoms with van der Waals surface area (Å²) in [5.41, 5.74) is 0.855. The van der Waals surface area contributed by atoms with Gasteiger partial charge in [0.15, 0.2) is 5.82 Å². The van der Waals surface area contributed by atoms with Crippen LogP contribution in [-0.4, -0.2) is 31.0 Å². The number of rotatable bonds is 8. The van der Waals surface area contributed by atoms with E-state index in [9.17, 15) is 13.2 Å². The Labute approximate surface area is 163 Å². The highest BCUT2D eigenvalue weighted by molar-refractivity contribution is 7.92. The summed E-state index contributed by atoms with van der Waals surface area (Å²) in [5, 5.41) is 6.48. The second kappa shape index (κ2) is 8.66. The van der Waals surface area contributed by atoms with E-state index in [4.69, 9.17) is 4.52 Å². The Hall–Kier alpha value is -3.20. The highest BCUT2D eigenvalue weighted by atomic mass is 32.2. The average Bonchev–Trinajstić information content (AvgIpc) is 3.11. The minimum Gasteiger partial charge on any atom is -0.352 e. The number of carbonyl (C=O) groups is 1. The summed E-state index contributed by atoms with van der Waals surface area (Å²) in [6.07, 6.45) is 1.23. The van der Waals surface area contributed by atoms with Gasteiger partial charge in [-0.15, -0.1) is 0 Å². The predicted molar refractivity (Wildman–Crippen MR) is 103 cm³/mol. The molecule has 0 radical (unpaired) electrons. The molecular weight excluding hydrogens is 380 g/mol. The van der Waals surface area contributed by atoms with Crippen LogP contribution in [0.1, 0.15) is 28.5 Å². The van der Waals surface area contributed by atoms with Crippen LogP contribution >= 0.6 is 0 Å². The third-order valence-corrected chi connectivity index (χ3v) is 5.27. The molecule has 2 aromatic carbocycles. The lowest BCUT2D eigenvalue weighted by atomic mass is 10.2. The standard InChI is InChI=1S/C19H20N4O4S/c1-14-21-18(27-22-14)8-5-13-20-19(24)15-9-11-17(12-10-15)28(25,26)23-16-6-3-2-4-7-16/h2-4,6-7,9-12,23H,5,8,13H2,1H3,(H,20,24). The van der Waals surface area contributed by atoms with Crippen LogP contribution in [0.2, 0.25) is 0 Å². The van der Waals surface area contributed by atoms with E-state index in [0.29, 0.717) is 42.4 Å². The first-order valence-corrected chi connectivity index (χ1v) is 10.2. The molecule has 1 aromatic heterocycles. The maximum atomic E-state index is 12.4. The van der Waals surface area contributed by atoms with Crippen molar-refractivity contribution in [3.05, 3.63) is 71.9 Å². The van der Waals surface area contributed by atoms with Gasteiger partial charge in [0.1, 0.15) is 0 Å². The van der Waals surface area contributed by atoms with Gasteiger partial charge < -0.3 is 9.84 Å². The first kappa shape index (κ1) is 19.6. The normalized spacial score (nSPS) is 11.2. The topological polar surface area (TPSA) is 114 Å². The third kappa shape index (κ3) is 5.17. The summed E-state index contributed by atoms with van der Waals surface area (Å²) in [5.74, 6) is 0.838. The highest BCUT2D eigenvalue weighted by Crippen LogP contribution is 2.16. The van der Waals surface area contributed by atoms with Crippen LogP contribution in [-0.2, 0) is 16.4 Å². The van der Waals surface area contributed by atoms with Crippen molar-refractivity contribution in [2.24, 2.45) is 0 Å². The molecule has 0 aliphatic carbocycles. The average molecular weight is 400 g/mol. The van der Waals surface area contributed by atoms with Crippen LogP contribution in [0.3, 0.4) is 0 Å². The van der Waals surface area contributed by atoms with Gasteiger partial charge in [0, 0.05) is 24.2 Å². The van der Waals surface area contributed by atoms with E-state index in [-0.39, 0.29) is 10.8 Å². The number of hydrogen-bond acceptors (Lipinski definition) is 6. The minimum atomic E-state index is -3.71. The largest absolute Gasteiger partial charge is 0.352 e. The Kier molecular flexibility index (Phi) is 6.05. The zero-order chi connectivity index (χ0) is 20.0. The van der Waals surface area contributed by atoms with Gasteiger partial charge in [-0.25, -0.2) is 8.42 Å². The number of carbonyl (C=O) groups excluding carboxylic acids is 1. The fourth-order valence-corrected chi connectivity index (χ4v) is 3.55. The van der Waals surface area contributed by atoms with Crippen LogP contribution in [0.5, 0.6) is 0 Å². The quantitative estimate of drug-likeness (QED) is 0.562. The van der Waals surface area contributed by atoms with Crippen molar-refractivity contribution < 1.29 is 17.7 Å². The molecule has 0 saturated heterocycles. The van der Waals surface area contributed by atoms with Crippen molar-refractivity contribution in [3.63, 3.8) is 0 Å². The van der Waals surface area contributed by atoms with Gasteiger partial charge in [-0.05, 0) is 49.7 Å². The van der Waals surface area contributed by atoms with Crippen LogP contribution < -0.4 is 10.0 Å². The number of aromatic nitrogens is 2. The van der Waals surface area contributed by atoms with E-state index in [1.807, 2.05) is 0 Å². The Morgan fingerprint density at radius 1 is 1.07 bits per heavy atom. The second-order valence-electron chi connectivity index (χ2n) is 6.09. The number of aryl methyl sites for hydroxylation is 2. The summed E-state index contributed by atoms with van der Waals surface area (Å²) < 4.78 is 32.3. The van der Waals surface area contributed by atoms with E-state index in [1.54, 1.807) is 37.3 Å². The zero-order valence-electron chi connectivity index (χ0n) is 15.3. The van der Waals surface area contributed by atoms with E-state index >= 15 is 0 Å². The first-order chi connectivity index (χ1) is 13.4. The molecule has 9 heteroatoms. The molecule has 28 heavy (non-hydrogen) atoms. The predicted octanol–water partition coefficient (Wildman–Crippen LogP) is 2.54. The SMILES string of the molecule is Cc1noc(CCCNC(=O)c2ccc(S(=O)(=O)Nc3ccccc3)cc2)n1. The molecule has 3 rings (SSSR count). The van der Waals surface area contributed by atoms with Crippen molar-refractivity contribution in [2.75, 3.05) is 11.3 Å². The van der Waals surface area contributed by atoms with E-state index < -0.39 is 10.0 Å². The number of anilines is 1.